The molecule has 1 atom stereocenters. The Labute approximate surface area is 61.1 Å². The smallest absolute Gasteiger partial charge is 0.0627 e. The number of nitrogens with one attached hydrogen (secondary N) is 1. The molecule has 0 saturated carbocycles. The molecule has 1 rings (SSSR count). The summed E-state index contributed by atoms with van der Waals surface area (Å²) in [7, 11) is 0. The van der Waals surface area contributed by atoms with Crippen molar-refractivity contribution in [1.82, 2.24) is 5.32 Å². The SMILES string of the molecule is C=CC(N)C1=CCC=CN1. The van der Waals surface area contributed by atoms with Crippen molar-refractivity contribution >= 4 is 0 Å². The molecule has 1 unspecified atom stereocenters. The number of allylic oxidation sites excluding steroid dienone is 2. The molecular formula is C8H12N2. The summed E-state index contributed by atoms with van der Waals surface area (Å²) >= 11 is 0. The Morgan fingerprint density at radius 3 is 3.10 bits per heavy atom. The summed E-state index contributed by atoms with van der Waals surface area (Å²) in [5, 5.41) is 3.05. The number of dihydropyridines is 1. The predicted octanol–water partition coefficient (Wildman–Crippen LogP) is 0.891. The van der Waals surface area contributed by atoms with Gasteiger partial charge >= 0.3 is 0 Å². The topological polar surface area (TPSA) is 38.0 Å². The highest BCUT2D eigenvalue weighted by atomic mass is 14.9. The second-order valence-corrected chi connectivity index (χ2v) is 2.20. The third-order valence-corrected chi connectivity index (χ3v) is 1.45. The van der Waals surface area contributed by atoms with E-state index < -0.39 is 0 Å². The van der Waals surface area contributed by atoms with Crippen LogP contribution in [0.15, 0.2) is 36.7 Å². The van der Waals surface area contributed by atoms with Crippen LogP contribution in [0.25, 0.3) is 0 Å². The molecule has 0 aliphatic carbocycles. The molecule has 0 aromatic carbocycles. The Morgan fingerprint density at radius 2 is 2.60 bits per heavy atom. The lowest BCUT2D eigenvalue weighted by Crippen LogP contribution is -2.27. The van der Waals surface area contributed by atoms with Gasteiger partial charge in [0.05, 0.1) is 6.04 Å². The fourth-order valence-electron chi connectivity index (χ4n) is 0.836. The van der Waals surface area contributed by atoms with Crippen LogP contribution in [0.3, 0.4) is 0 Å². The standard InChI is InChI=1S/C8H12N2/c1-2-7(9)8-5-3-4-6-10-8/h2,4-7,10H,1,3,9H2. The Kier molecular flexibility index (Phi) is 2.29. The number of hydrogen-bond acceptors (Lipinski definition) is 2. The third kappa shape index (κ3) is 1.48. The third-order valence-electron chi connectivity index (χ3n) is 1.45. The van der Waals surface area contributed by atoms with Crippen LogP contribution in [0.1, 0.15) is 6.42 Å². The van der Waals surface area contributed by atoms with Crippen molar-refractivity contribution < 1.29 is 0 Å². The molecular weight excluding hydrogens is 124 g/mol. The normalized spacial score (nSPS) is 19.1. The Hall–Kier alpha value is -1.02. The Balaban J connectivity index is 2.55. The van der Waals surface area contributed by atoms with Crippen LogP contribution in [0.2, 0.25) is 0 Å². The van der Waals surface area contributed by atoms with Gasteiger partial charge < -0.3 is 11.1 Å². The van der Waals surface area contributed by atoms with Gasteiger partial charge in [-0.05, 0) is 12.6 Å². The van der Waals surface area contributed by atoms with E-state index in [-0.39, 0.29) is 6.04 Å². The van der Waals surface area contributed by atoms with Crippen molar-refractivity contribution in [2.45, 2.75) is 12.5 Å². The van der Waals surface area contributed by atoms with Gasteiger partial charge in [0.2, 0.25) is 0 Å². The molecule has 54 valence electrons. The van der Waals surface area contributed by atoms with E-state index in [9.17, 15) is 0 Å². The summed E-state index contributed by atoms with van der Waals surface area (Å²) < 4.78 is 0. The fraction of sp³-hybridized carbons (Fsp3) is 0.250. The van der Waals surface area contributed by atoms with Crippen LogP contribution in [-0.2, 0) is 0 Å². The van der Waals surface area contributed by atoms with E-state index in [1.54, 1.807) is 6.08 Å². The van der Waals surface area contributed by atoms with Gasteiger partial charge in [0, 0.05) is 5.70 Å². The van der Waals surface area contributed by atoms with Crippen LogP contribution in [0.5, 0.6) is 0 Å². The summed E-state index contributed by atoms with van der Waals surface area (Å²) in [6.07, 6.45) is 8.69. The lowest BCUT2D eigenvalue weighted by Gasteiger charge is -2.14. The van der Waals surface area contributed by atoms with E-state index in [1.807, 2.05) is 12.3 Å². The molecule has 0 bridgehead atoms. The van der Waals surface area contributed by atoms with E-state index >= 15 is 0 Å². The van der Waals surface area contributed by atoms with Crippen molar-refractivity contribution in [3.05, 3.63) is 36.7 Å². The lowest BCUT2D eigenvalue weighted by atomic mass is 10.1. The Bertz CT molecular complexity index is 180. The molecule has 3 N–H and O–H groups in total. The molecule has 1 aliphatic heterocycles. The molecule has 1 aliphatic rings. The van der Waals surface area contributed by atoms with Crippen molar-refractivity contribution in [2.24, 2.45) is 5.73 Å². The molecule has 0 fully saturated rings. The van der Waals surface area contributed by atoms with Crippen LogP contribution >= 0.6 is 0 Å². The van der Waals surface area contributed by atoms with E-state index in [1.165, 1.54) is 0 Å². The summed E-state index contributed by atoms with van der Waals surface area (Å²) in [6.45, 7) is 3.61. The lowest BCUT2D eigenvalue weighted by molar-refractivity contribution is 0.836. The quantitative estimate of drug-likeness (QED) is 0.553. The molecule has 0 radical (unpaired) electrons. The molecule has 2 nitrogen and oxygen atoms in total. The summed E-state index contributed by atoms with van der Waals surface area (Å²) in [4.78, 5) is 0. The number of hydrogen-bond donors (Lipinski definition) is 2. The average molecular weight is 136 g/mol. The van der Waals surface area contributed by atoms with Crippen molar-refractivity contribution in [2.75, 3.05) is 0 Å². The van der Waals surface area contributed by atoms with E-state index in [2.05, 4.69) is 18.0 Å². The zero-order chi connectivity index (χ0) is 7.40. The summed E-state index contributed by atoms with van der Waals surface area (Å²) in [5.74, 6) is 0. The molecule has 0 amide bonds. The highest BCUT2D eigenvalue weighted by Gasteiger charge is 2.03. The van der Waals surface area contributed by atoms with E-state index in [0.717, 1.165) is 12.1 Å². The predicted molar refractivity (Wildman–Crippen MR) is 43.1 cm³/mol. The minimum atomic E-state index is -0.0510. The van der Waals surface area contributed by atoms with Crippen molar-refractivity contribution in [3.63, 3.8) is 0 Å². The van der Waals surface area contributed by atoms with E-state index in [4.69, 9.17) is 5.73 Å². The number of rotatable bonds is 2. The summed E-state index contributed by atoms with van der Waals surface area (Å²) in [5.41, 5.74) is 6.70. The zero-order valence-electron chi connectivity index (χ0n) is 5.88. The molecule has 0 spiro atoms. The molecule has 10 heavy (non-hydrogen) atoms. The maximum Gasteiger partial charge on any atom is 0.0627 e. The molecule has 0 aromatic heterocycles. The zero-order valence-corrected chi connectivity index (χ0v) is 5.88. The fourth-order valence-corrected chi connectivity index (χ4v) is 0.836. The maximum atomic E-state index is 5.66. The second-order valence-electron chi connectivity index (χ2n) is 2.20. The van der Waals surface area contributed by atoms with Gasteiger partial charge in [-0.3, -0.25) is 0 Å². The minimum Gasteiger partial charge on any atom is -0.364 e. The van der Waals surface area contributed by atoms with Gasteiger partial charge in [0.25, 0.3) is 0 Å². The highest BCUT2D eigenvalue weighted by Crippen LogP contribution is 2.03. The van der Waals surface area contributed by atoms with Crippen LogP contribution in [-0.4, -0.2) is 6.04 Å². The van der Waals surface area contributed by atoms with Crippen LogP contribution in [0, 0.1) is 0 Å². The minimum absolute atomic E-state index is 0.0510. The van der Waals surface area contributed by atoms with Gasteiger partial charge in [-0.2, -0.15) is 0 Å². The van der Waals surface area contributed by atoms with Crippen molar-refractivity contribution in [1.29, 1.82) is 0 Å². The average Bonchev–Trinajstić information content (AvgIpc) is 2.05. The van der Waals surface area contributed by atoms with Gasteiger partial charge in [-0.15, -0.1) is 6.58 Å². The van der Waals surface area contributed by atoms with Crippen LogP contribution < -0.4 is 11.1 Å². The molecule has 0 aromatic rings. The van der Waals surface area contributed by atoms with Crippen molar-refractivity contribution in [3.8, 4) is 0 Å². The van der Waals surface area contributed by atoms with Gasteiger partial charge in [0.15, 0.2) is 0 Å². The first kappa shape index (κ1) is 7.09. The first-order valence-electron chi connectivity index (χ1n) is 3.34. The molecule has 1 heterocycles. The monoisotopic (exact) mass is 136 g/mol. The van der Waals surface area contributed by atoms with Crippen LogP contribution in [0.4, 0.5) is 0 Å². The molecule has 2 heteroatoms. The van der Waals surface area contributed by atoms with E-state index in [0.29, 0.717) is 0 Å². The first-order chi connectivity index (χ1) is 4.84. The molecule has 0 saturated heterocycles. The maximum absolute atomic E-state index is 5.66. The van der Waals surface area contributed by atoms with Gasteiger partial charge in [-0.25, -0.2) is 0 Å². The second kappa shape index (κ2) is 3.22. The first-order valence-corrected chi connectivity index (χ1v) is 3.34. The largest absolute Gasteiger partial charge is 0.364 e. The summed E-state index contributed by atoms with van der Waals surface area (Å²) in [6, 6.07) is -0.0510. The number of nitrogens with two attached hydrogens (primary N) is 1. The highest BCUT2D eigenvalue weighted by molar-refractivity contribution is 5.20. The van der Waals surface area contributed by atoms with Gasteiger partial charge in [0.1, 0.15) is 0 Å². The van der Waals surface area contributed by atoms with Gasteiger partial charge in [-0.1, -0.05) is 18.2 Å². The Morgan fingerprint density at radius 1 is 1.80 bits per heavy atom.